The van der Waals surface area contributed by atoms with Gasteiger partial charge >= 0.3 is 0 Å². The lowest BCUT2D eigenvalue weighted by atomic mass is 10.0. The minimum Gasteiger partial charge on any atom is -0.298 e. The highest BCUT2D eigenvalue weighted by atomic mass is 32.1. The first-order valence-corrected chi connectivity index (χ1v) is 8.97. The number of likely N-dealkylation sites (tertiary alicyclic amines) is 2. The lowest BCUT2D eigenvalue weighted by Gasteiger charge is -2.20. The molecular weight excluding hydrogens is 290 g/mol. The van der Waals surface area contributed by atoms with Gasteiger partial charge in [-0.15, -0.1) is 11.3 Å². The van der Waals surface area contributed by atoms with Crippen molar-refractivity contribution in [2.24, 2.45) is 11.8 Å². The quantitative estimate of drug-likeness (QED) is 0.865. The molecule has 2 aromatic heterocycles. The Hall–Kier alpha value is -1.23. The summed E-state index contributed by atoms with van der Waals surface area (Å²) in [6.45, 7) is 9.44. The Morgan fingerprint density at radius 2 is 1.77 bits per heavy atom. The lowest BCUT2D eigenvalue weighted by molar-refractivity contribution is 0.247. The highest BCUT2D eigenvalue weighted by molar-refractivity contribution is 7.11. The predicted octanol–water partition coefficient (Wildman–Crippen LogP) is 3.02. The van der Waals surface area contributed by atoms with Crippen LogP contribution in [0.4, 0.5) is 0 Å². The first-order valence-electron chi connectivity index (χ1n) is 8.15. The normalized spacial score (nSPS) is 25.7. The fourth-order valence-corrected chi connectivity index (χ4v) is 4.92. The number of thiophene rings is 1. The number of aromatic nitrogens is 1. The molecule has 0 radical (unpaired) electrons. The Morgan fingerprint density at radius 3 is 2.36 bits per heavy atom. The van der Waals surface area contributed by atoms with Gasteiger partial charge in [-0.3, -0.25) is 14.8 Å². The third-order valence-electron chi connectivity index (χ3n) is 4.94. The van der Waals surface area contributed by atoms with Gasteiger partial charge in [0.2, 0.25) is 0 Å². The Bertz CT molecular complexity index is 610. The number of hydrogen-bond donors (Lipinski definition) is 0. The van der Waals surface area contributed by atoms with Crippen LogP contribution in [0.2, 0.25) is 0 Å². The van der Waals surface area contributed by atoms with Crippen LogP contribution in [0.25, 0.3) is 0 Å². The molecule has 0 bridgehead atoms. The van der Waals surface area contributed by atoms with Crippen LogP contribution in [0.1, 0.15) is 15.3 Å². The van der Waals surface area contributed by atoms with Crippen molar-refractivity contribution < 1.29 is 0 Å². The summed E-state index contributed by atoms with van der Waals surface area (Å²) in [5.74, 6) is 1.72. The Kier molecular flexibility index (Phi) is 3.99. The zero-order chi connectivity index (χ0) is 14.9. The van der Waals surface area contributed by atoms with Gasteiger partial charge in [-0.1, -0.05) is 6.07 Å². The monoisotopic (exact) mass is 313 g/mol. The molecule has 2 fully saturated rings. The van der Waals surface area contributed by atoms with Gasteiger partial charge in [0.05, 0.1) is 0 Å². The van der Waals surface area contributed by atoms with E-state index in [0.29, 0.717) is 0 Å². The van der Waals surface area contributed by atoms with Crippen LogP contribution < -0.4 is 0 Å². The summed E-state index contributed by atoms with van der Waals surface area (Å²) < 4.78 is 0. The smallest absolute Gasteiger partial charge is 0.0328 e. The molecule has 0 saturated carbocycles. The van der Waals surface area contributed by atoms with Gasteiger partial charge < -0.3 is 0 Å². The molecule has 0 unspecified atom stereocenters. The molecule has 4 rings (SSSR count). The topological polar surface area (TPSA) is 19.4 Å². The molecule has 2 aromatic rings. The van der Waals surface area contributed by atoms with Crippen molar-refractivity contribution >= 4 is 11.3 Å². The van der Waals surface area contributed by atoms with Crippen LogP contribution in [-0.4, -0.2) is 41.0 Å². The van der Waals surface area contributed by atoms with Crippen LogP contribution in [0.3, 0.4) is 0 Å². The number of aryl methyl sites for hydroxylation is 1. The summed E-state index contributed by atoms with van der Waals surface area (Å²) in [6, 6.07) is 8.76. The van der Waals surface area contributed by atoms with Crippen LogP contribution in [-0.2, 0) is 13.1 Å². The Morgan fingerprint density at radius 1 is 1.05 bits per heavy atom. The van der Waals surface area contributed by atoms with Crippen LogP contribution in [0.15, 0.2) is 36.7 Å². The Balaban J connectivity index is 1.31. The molecular formula is C18H23N3S. The van der Waals surface area contributed by atoms with Crippen molar-refractivity contribution in [1.29, 1.82) is 0 Å². The van der Waals surface area contributed by atoms with E-state index in [9.17, 15) is 0 Å². The van der Waals surface area contributed by atoms with Gasteiger partial charge in [0, 0.05) is 61.4 Å². The average Bonchev–Trinajstić information content (AvgIpc) is 3.16. The maximum absolute atomic E-state index is 4.23. The molecule has 2 aliphatic heterocycles. The molecule has 0 aliphatic carbocycles. The highest BCUT2D eigenvalue weighted by Crippen LogP contribution is 2.33. The lowest BCUT2D eigenvalue weighted by Crippen LogP contribution is -2.28. The highest BCUT2D eigenvalue weighted by Gasteiger charge is 2.39. The van der Waals surface area contributed by atoms with Crippen LogP contribution >= 0.6 is 11.3 Å². The molecule has 2 aliphatic rings. The molecule has 0 aromatic carbocycles. The maximum atomic E-state index is 4.23. The van der Waals surface area contributed by atoms with Gasteiger partial charge in [0.15, 0.2) is 0 Å². The predicted molar refractivity (Wildman–Crippen MR) is 90.8 cm³/mol. The number of rotatable bonds is 4. The standard InChI is InChI=1S/C18H23N3S/c1-14-4-5-18(22-14)13-21-11-16-9-20(10-17(16)12-21)8-15-3-2-6-19-7-15/h2-7,16-17H,8-13H2,1H3/t16-,17-/m0/s1. The second-order valence-electron chi connectivity index (χ2n) is 6.78. The van der Waals surface area contributed by atoms with E-state index in [1.165, 1.54) is 41.5 Å². The van der Waals surface area contributed by atoms with Crippen molar-refractivity contribution in [1.82, 2.24) is 14.8 Å². The third-order valence-corrected chi connectivity index (χ3v) is 5.93. The molecule has 4 heterocycles. The van der Waals surface area contributed by atoms with E-state index in [1.54, 1.807) is 0 Å². The zero-order valence-corrected chi connectivity index (χ0v) is 13.9. The SMILES string of the molecule is Cc1ccc(CN2C[C@@H]3CN(Cc4cccnc4)C[C@H]3C2)s1. The second kappa shape index (κ2) is 6.11. The summed E-state index contributed by atoms with van der Waals surface area (Å²) in [6.07, 6.45) is 3.85. The molecule has 3 nitrogen and oxygen atoms in total. The van der Waals surface area contributed by atoms with Gasteiger partial charge in [-0.2, -0.15) is 0 Å². The van der Waals surface area contributed by atoms with Crippen LogP contribution in [0, 0.1) is 18.8 Å². The molecule has 0 amide bonds. The molecule has 4 heteroatoms. The van der Waals surface area contributed by atoms with E-state index in [2.05, 4.69) is 39.9 Å². The molecule has 0 N–H and O–H groups in total. The van der Waals surface area contributed by atoms with Crippen molar-refractivity contribution in [3.05, 3.63) is 52.0 Å². The minimum atomic E-state index is 0.859. The average molecular weight is 313 g/mol. The van der Waals surface area contributed by atoms with Gasteiger partial charge in [0.25, 0.3) is 0 Å². The van der Waals surface area contributed by atoms with Gasteiger partial charge in [-0.05, 0) is 42.5 Å². The van der Waals surface area contributed by atoms with Crippen molar-refractivity contribution in [2.75, 3.05) is 26.2 Å². The first kappa shape index (κ1) is 14.4. The zero-order valence-electron chi connectivity index (χ0n) is 13.1. The summed E-state index contributed by atoms with van der Waals surface area (Å²) >= 11 is 1.95. The summed E-state index contributed by atoms with van der Waals surface area (Å²) in [4.78, 5) is 12.4. The van der Waals surface area contributed by atoms with Crippen molar-refractivity contribution in [3.63, 3.8) is 0 Å². The van der Waals surface area contributed by atoms with Gasteiger partial charge in [0.1, 0.15) is 0 Å². The largest absolute Gasteiger partial charge is 0.298 e. The number of hydrogen-bond acceptors (Lipinski definition) is 4. The van der Waals surface area contributed by atoms with E-state index >= 15 is 0 Å². The molecule has 116 valence electrons. The third kappa shape index (κ3) is 3.09. The van der Waals surface area contributed by atoms with Gasteiger partial charge in [-0.25, -0.2) is 0 Å². The van der Waals surface area contributed by atoms with Crippen LogP contribution in [0.5, 0.6) is 0 Å². The van der Waals surface area contributed by atoms with E-state index in [0.717, 1.165) is 24.9 Å². The minimum absolute atomic E-state index is 0.859. The second-order valence-corrected chi connectivity index (χ2v) is 8.15. The van der Waals surface area contributed by atoms with E-state index in [1.807, 2.05) is 29.8 Å². The number of nitrogens with zero attached hydrogens (tertiary/aromatic N) is 3. The summed E-state index contributed by atoms with van der Waals surface area (Å²) in [7, 11) is 0. The first-order chi connectivity index (χ1) is 10.8. The molecule has 2 saturated heterocycles. The number of fused-ring (bicyclic) bond motifs is 1. The summed E-state index contributed by atoms with van der Waals surface area (Å²) in [5, 5.41) is 0. The van der Waals surface area contributed by atoms with E-state index < -0.39 is 0 Å². The van der Waals surface area contributed by atoms with Crippen molar-refractivity contribution in [2.45, 2.75) is 20.0 Å². The van der Waals surface area contributed by atoms with E-state index in [4.69, 9.17) is 0 Å². The molecule has 2 atom stereocenters. The molecule has 22 heavy (non-hydrogen) atoms. The fourth-order valence-electron chi connectivity index (χ4n) is 3.99. The summed E-state index contributed by atoms with van der Waals surface area (Å²) in [5.41, 5.74) is 1.34. The van der Waals surface area contributed by atoms with Crippen molar-refractivity contribution in [3.8, 4) is 0 Å². The fraction of sp³-hybridized carbons (Fsp3) is 0.500. The Labute approximate surface area is 136 Å². The molecule has 0 spiro atoms. The maximum Gasteiger partial charge on any atom is 0.0328 e. The number of pyridine rings is 1. The van der Waals surface area contributed by atoms with E-state index in [-0.39, 0.29) is 0 Å².